The molecule has 0 bridgehead atoms. The van der Waals surface area contributed by atoms with Crippen molar-refractivity contribution in [1.29, 1.82) is 0 Å². The molecule has 0 aromatic rings. The average molecular weight is 199 g/mol. The van der Waals surface area contributed by atoms with Crippen molar-refractivity contribution in [2.24, 2.45) is 5.92 Å². The lowest BCUT2D eigenvalue weighted by Gasteiger charge is -2.30. The molecule has 1 aliphatic carbocycles. The SMILES string of the molecule is CCNCC1(OCC(C)C)CCCC1. The summed E-state index contributed by atoms with van der Waals surface area (Å²) in [5.41, 5.74) is 0.167. The molecule has 1 rings (SSSR count). The van der Waals surface area contributed by atoms with E-state index in [1.165, 1.54) is 25.7 Å². The second-order valence-electron chi connectivity index (χ2n) is 4.88. The molecule has 84 valence electrons. The van der Waals surface area contributed by atoms with E-state index < -0.39 is 0 Å². The summed E-state index contributed by atoms with van der Waals surface area (Å²) in [6, 6.07) is 0. The number of ether oxygens (including phenoxy) is 1. The Labute approximate surface area is 88.4 Å². The predicted molar refractivity (Wildman–Crippen MR) is 60.5 cm³/mol. The minimum absolute atomic E-state index is 0.167. The molecule has 0 aromatic carbocycles. The second-order valence-corrected chi connectivity index (χ2v) is 4.88. The zero-order chi connectivity index (χ0) is 10.4. The molecular formula is C12H25NO. The van der Waals surface area contributed by atoms with Crippen LogP contribution in [0.2, 0.25) is 0 Å². The van der Waals surface area contributed by atoms with E-state index in [4.69, 9.17) is 4.74 Å². The van der Waals surface area contributed by atoms with Crippen molar-refractivity contribution in [2.45, 2.75) is 52.1 Å². The third-order valence-electron chi connectivity index (χ3n) is 2.93. The Morgan fingerprint density at radius 3 is 2.43 bits per heavy atom. The van der Waals surface area contributed by atoms with Crippen LogP contribution < -0.4 is 5.32 Å². The van der Waals surface area contributed by atoms with Crippen molar-refractivity contribution in [1.82, 2.24) is 5.32 Å². The molecule has 1 aliphatic rings. The third kappa shape index (κ3) is 3.58. The normalized spacial score (nSPS) is 20.6. The minimum atomic E-state index is 0.167. The van der Waals surface area contributed by atoms with E-state index >= 15 is 0 Å². The molecule has 1 saturated carbocycles. The van der Waals surface area contributed by atoms with Gasteiger partial charge in [-0.15, -0.1) is 0 Å². The van der Waals surface area contributed by atoms with Gasteiger partial charge in [-0.2, -0.15) is 0 Å². The number of nitrogens with one attached hydrogen (secondary N) is 1. The Bertz CT molecular complexity index is 150. The topological polar surface area (TPSA) is 21.3 Å². The number of hydrogen-bond acceptors (Lipinski definition) is 2. The van der Waals surface area contributed by atoms with Gasteiger partial charge in [0.25, 0.3) is 0 Å². The lowest BCUT2D eigenvalue weighted by Crippen LogP contribution is -2.41. The van der Waals surface area contributed by atoms with Crippen molar-refractivity contribution in [3.8, 4) is 0 Å². The maximum Gasteiger partial charge on any atom is 0.0806 e. The van der Waals surface area contributed by atoms with Gasteiger partial charge in [-0.25, -0.2) is 0 Å². The number of likely N-dealkylation sites (N-methyl/N-ethyl adjacent to an activating group) is 1. The standard InChI is InChI=1S/C12H25NO/c1-4-13-10-12(7-5-6-8-12)14-9-11(2)3/h11,13H,4-10H2,1-3H3. The van der Waals surface area contributed by atoms with Crippen LogP contribution in [0, 0.1) is 5.92 Å². The maximum atomic E-state index is 6.09. The Morgan fingerprint density at radius 1 is 1.29 bits per heavy atom. The zero-order valence-corrected chi connectivity index (χ0v) is 9.94. The summed E-state index contributed by atoms with van der Waals surface area (Å²) in [4.78, 5) is 0. The molecule has 2 heteroatoms. The number of hydrogen-bond donors (Lipinski definition) is 1. The Kier molecular flexibility index (Phi) is 4.90. The molecule has 2 nitrogen and oxygen atoms in total. The Hall–Kier alpha value is -0.0800. The van der Waals surface area contributed by atoms with Crippen molar-refractivity contribution in [2.75, 3.05) is 19.7 Å². The van der Waals surface area contributed by atoms with E-state index in [1.807, 2.05) is 0 Å². The van der Waals surface area contributed by atoms with Gasteiger partial charge in [-0.05, 0) is 25.3 Å². The van der Waals surface area contributed by atoms with E-state index in [2.05, 4.69) is 26.1 Å². The molecule has 1 N–H and O–H groups in total. The molecule has 0 amide bonds. The van der Waals surface area contributed by atoms with Gasteiger partial charge in [0.05, 0.1) is 5.60 Å². The van der Waals surface area contributed by atoms with E-state index in [0.717, 1.165) is 19.7 Å². The first-order valence-corrected chi connectivity index (χ1v) is 6.03. The van der Waals surface area contributed by atoms with Crippen LogP contribution in [0.5, 0.6) is 0 Å². The molecule has 1 fully saturated rings. The van der Waals surface area contributed by atoms with Gasteiger partial charge in [0.1, 0.15) is 0 Å². The summed E-state index contributed by atoms with van der Waals surface area (Å²) in [5, 5.41) is 3.43. The third-order valence-corrected chi connectivity index (χ3v) is 2.93. The van der Waals surface area contributed by atoms with Crippen LogP contribution in [-0.2, 0) is 4.74 Å². The largest absolute Gasteiger partial charge is 0.373 e. The van der Waals surface area contributed by atoms with Gasteiger partial charge in [0, 0.05) is 13.2 Å². The zero-order valence-electron chi connectivity index (χ0n) is 9.94. The highest BCUT2D eigenvalue weighted by atomic mass is 16.5. The fourth-order valence-electron chi connectivity index (χ4n) is 2.09. The second kappa shape index (κ2) is 5.72. The van der Waals surface area contributed by atoms with Crippen LogP contribution >= 0.6 is 0 Å². The molecule has 0 unspecified atom stereocenters. The van der Waals surface area contributed by atoms with Crippen LogP contribution in [0.25, 0.3) is 0 Å². The first-order valence-electron chi connectivity index (χ1n) is 6.03. The smallest absolute Gasteiger partial charge is 0.0806 e. The summed E-state index contributed by atoms with van der Waals surface area (Å²) in [6.45, 7) is 9.59. The molecule has 0 aromatic heterocycles. The lowest BCUT2D eigenvalue weighted by molar-refractivity contribution is -0.0505. The van der Waals surface area contributed by atoms with E-state index in [1.54, 1.807) is 0 Å². The minimum Gasteiger partial charge on any atom is -0.373 e. The van der Waals surface area contributed by atoms with Crippen LogP contribution in [0.4, 0.5) is 0 Å². The molecule has 0 spiro atoms. The van der Waals surface area contributed by atoms with Crippen molar-refractivity contribution in [3.63, 3.8) is 0 Å². The first kappa shape index (κ1) is 12.0. The highest BCUT2D eigenvalue weighted by Crippen LogP contribution is 2.33. The van der Waals surface area contributed by atoms with E-state index in [0.29, 0.717) is 5.92 Å². The van der Waals surface area contributed by atoms with Crippen LogP contribution in [0.1, 0.15) is 46.5 Å². The molecule has 0 atom stereocenters. The van der Waals surface area contributed by atoms with Gasteiger partial charge in [0.2, 0.25) is 0 Å². The van der Waals surface area contributed by atoms with Gasteiger partial charge in [-0.3, -0.25) is 0 Å². The Balaban J connectivity index is 2.36. The molecule has 0 saturated heterocycles. The van der Waals surface area contributed by atoms with Gasteiger partial charge >= 0.3 is 0 Å². The molecule has 0 radical (unpaired) electrons. The predicted octanol–water partition coefficient (Wildman–Crippen LogP) is 2.58. The van der Waals surface area contributed by atoms with Crippen LogP contribution in [-0.4, -0.2) is 25.3 Å². The first-order chi connectivity index (χ1) is 6.68. The van der Waals surface area contributed by atoms with Crippen molar-refractivity contribution >= 4 is 0 Å². The summed E-state index contributed by atoms with van der Waals surface area (Å²) >= 11 is 0. The number of rotatable bonds is 6. The summed E-state index contributed by atoms with van der Waals surface area (Å²) in [7, 11) is 0. The van der Waals surface area contributed by atoms with Crippen LogP contribution in [0.15, 0.2) is 0 Å². The molecule has 14 heavy (non-hydrogen) atoms. The summed E-state index contributed by atoms with van der Waals surface area (Å²) < 4.78 is 6.09. The highest BCUT2D eigenvalue weighted by molar-refractivity contribution is 4.88. The summed E-state index contributed by atoms with van der Waals surface area (Å²) in [6.07, 6.45) is 5.16. The van der Waals surface area contributed by atoms with E-state index in [-0.39, 0.29) is 5.60 Å². The molecule has 0 aliphatic heterocycles. The monoisotopic (exact) mass is 199 g/mol. The molecule has 0 heterocycles. The van der Waals surface area contributed by atoms with Gasteiger partial charge < -0.3 is 10.1 Å². The van der Waals surface area contributed by atoms with Gasteiger partial charge in [0.15, 0.2) is 0 Å². The Morgan fingerprint density at radius 2 is 1.93 bits per heavy atom. The fourth-order valence-corrected chi connectivity index (χ4v) is 2.09. The molecular weight excluding hydrogens is 174 g/mol. The van der Waals surface area contributed by atoms with E-state index in [9.17, 15) is 0 Å². The maximum absolute atomic E-state index is 6.09. The van der Waals surface area contributed by atoms with Crippen LogP contribution in [0.3, 0.4) is 0 Å². The van der Waals surface area contributed by atoms with Crippen molar-refractivity contribution in [3.05, 3.63) is 0 Å². The quantitative estimate of drug-likeness (QED) is 0.710. The summed E-state index contributed by atoms with van der Waals surface area (Å²) in [5.74, 6) is 0.647. The lowest BCUT2D eigenvalue weighted by atomic mass is 10.0. The fraction of sp³-hybridized carbons (Fsp3) is 1.00. The van der Waals surface area contributed by atoms with Gasteiger partial charge in [-0.1, -0.05) is 33.6 Å². The van der Waals surface area contributed by atoms with Crippen molar-refractivity contribution < 1.29 is 4.74 Å². The highest BCUT2D eigenvalue weighted by Gasteiger charge is 2.34. The average Bonchev–Trinajstić information content (AvgIpc) is 2.61.